The van der Waals surface area contributed by atoms with E-state index in [0.717, 1.165) is 84.3 Å². The second-order valence-corrected chi connectivity index (χ2v) is 10.0. The first-order valence-corrected chi connectivity index (χ1v) is 12.2. The smallest absolute Gasteiger partial charge is 0.222 e. The molecule has 1 amide bonds. The first-order valence-electron chi connectivity index (χ1n) is 12.2. The summed E-state index contributed by atoms with van der Waals surface area (Å²) in [5, 5.41) is 11.0. The molecule has 2 aliphatic heterocycles. The number of carbonyl (C=O) groups excluding carboxylic acids is 2. The Labute approximate surface area is 184 Å². The number of β-amino-alcohol motifs (C(OH)–C–C–N with tert-alkyl or cyclic N) is 1. The second kappa shape index (κ2) is 12.2. The van der Waals surface area contributed by atoms with Crippen LogP contribution in [0.15, 0.2) is 0 Å². The summed E-state index contributed by atoms with van der Waals surface area (Å²) in [6.07, 6.45) is 6.90. The summed E-state index contributed by atoms with van der Waals surface area (Å²) in [7, 11) is 0. The highest BCUT2D eigenvalue weighted by Crippen LogP contribution is 2.25. The molecule has 0 saturated carbocycles. The van der Waals surface area contributed by atoms with Crippen molar-refractivity contribution in [2.75, 3.05) is 45.8 Å². The van der Waals surface area contributed by atoms with Gasteiger partial charge in [0.25, 0.3) is 0 Å². The molecule has 0 unspecified atom stereocenters. The van der Waals surface area contributed by atoms with Crippen LogP contribution in [0.4, 0.5) is 0 Å². The van der Waals surface area contributed by atoms with Crippen LogP contribution in [-0.4, -0.2) is 89.0 Å². The lowest BCUT2D eigenvalue weighted by Gasteiger charge is -2.44. The summed E-state index contributed by atoms with van der Waals surface area (Å²) >= 11 is 0. The maximum absolute atomic E-state index is 12.5. The van der Waals surface area contributed by atoms with Gasteiger partial charge in [-0.1, -0.05) is 26.7 Å². The van der Waals surface area contributed by atoms with E-state index in [1.54, 1.807) is 0 Å². The van der Waals surface area contributed by atoms with Gasteiger partial charge in [-0.25, -0.2) is 0 Å². The van der Waals surface area contributed by atoms with Crippen LogP contribution in [-0.2, 0) is 9.59 Å². The molecule has 6 nitrogen and oxygen atoms in total. The zero-order chi connectivity index (χ0) is 22.1. The van der Waals surface area contributed by atoms with E-state index in [1.165, 1.54) is 0 Å². The lowest BCUT2D eigenvalue weighted by molar-refractivity contribution is -0.133. The predicted octanol–water partition coefficient (Wildman–Crippen LogP) is 2.93. The third-order valence-electron chi connectivity index (χ3n) is 6.91. The number of piperidine rings is 1. The van der Waals surface area contributed by atoms with E-state index in [2.05, 4.69) is 23.6 Å². The number of hydrogen-bond donors (Lipinski definition) is 1. The largest absolute Gasteiger partial charge is 0.388 e. The minimum atomic E-state index is -0.575. The second-order valence-electron chi connectivity index (χ2n) is 10.0. The van der Waals surface area contributed by atoms with Gasteiger partial charge in [0, 0.05) is 70.6 Å². The van der Waals surface area contributed by atoms with Crippen LogP contribution in [0.2, 0.25) is 0 Å². The molecule has 6 heteroatoms. The highest BCUT2D eigenvalue weighted by Gasteiger charge is 2.35. The first kappa shape index (κ1) is 25.3. The number of piperazine rings is 1. The van der Waals surface area contributed by atoms with E-state index in [4.69, 9.17) is 0 Å². The normalized spacial score (nSPS) is 20.8. The van der Waals surface area contributed by atoms with Crippen LogP contribution >= 0.6 is 0 Å². The number of carbonyl (C=O) groups is 2. The molecule has 1 N–H and O–H groups in total. The average Bonchev–Trinajstić information content (AvgIpc) is 2.70. The van der Waals surface area contributed by atoms with Gasteiger partial charge in [0.2, 0.25) is 5.91 Å². The molecule has 30 heavy (non-hydrogen) atoms. The van der Waals surface area contributed by atoms with Crippen molar-refractivity contribution in [2.24, 2.45) is 5.92 Å². The van der Waals surface area contributed by atoms with Gasteiger partial charge in [-0.2, -0.15) is 0 Å². The topological polar surface area (TPSA) is 64.1 Å². The molecule has 0 aromatic heterocycles. The summed E-state index contributed by atoms with van der Waals surface area (Å²) in [6, 6.07) is 0.548. The molecular weight excluding hydrogens is 378 g/mol. The molecule has 2 rings (SSSR count). The molecule has 0 aromatic carbocycles. The number of unbranched alkanes of at least 4 members (excludes halogenated alkanes) is 3. The lowest BCUT2D eigenvalue weighted by atomic mass is 9.90. The number of aliphatic hydroxyl groups is 1. The standard InChI is InChI=1S/C24H45N3O3/c1-20(2)22(28)9-7-5-6-8-10-23(29)27-17-15-25(16-18-27)19-24(30)11-13-26(14-12-24)21(3)4/h20-21,30H,5-19H2,1-4H3. The molecule has 0 bridgehead atoms. The number of Topliss-reactive ketones (excluding diaryl/α,β-unsaturated/α-hetero) is 1. The predicted molar refractivity (Wildman–Crippen MR) is 121 cm³/mol. The molecule has 0 spiro atoms. The van der Waals surface area contributed by atoms with E-state index in [0.29, 0.717) is 24.7 Å². The Bertz CT molecular complexity index is 534. The fraction of sp³-hybridized carbons (Fsp3) is 0.917. The fourth-order valence-electron chi connectivity index (χ4n) is 4.56. The van der Waals surface area contributed by atoms with Crippen LogP contribution in [0.1, 0.15) is 79.1 Å². The number of rotatable bonds is 11. The van der Waals surface area contributed by atoms with Gasteiger partial charge in [0.05, 0.1) is 5.60 Å². The molecule has 2 fully saturated rings. The minimum Gasteiger partial charge on any atom is -0.388 e. The van der Waals surface area contributed by atoms with Crippen molar-refractivity contribution in [3.05, 3.63) is 0 Å². The van der Waals surface area contributed by atoms with Crippen molar-refractivity contribution in [2.45, 2.75) is 90.7 Å². The third-order valence-corrected chi connectivity index (χ3v) is 6.91. The number of hydrogen-bond acceptors (Lipinski definition) is 5. The zero-order valence-corrected chi connectivity index (χ0v) is 19.9. The van der Waals surface area contributed by atoms with Gasteiger partial charge < -0.3 is 14.9 Å². The van der Waals surface area contributed by atoms with Gasteiger partial charge in [-0.15, -0.1) is 0 Å². The molecular formula is C24H45N3O3. The average molecular weight is 424 g/mol. The Morgan fingerprint density at radius 1 is 0.833 bits per heavy atom. The maximum atomic E-state index is 12.5. The van der Waals surface area contributed by atoms with Crippen LogP contribution in [0.3, 0.4) is 0 Å². The highest BCUT2D eigenvalue weighted by atomic mass is 16.3. The van der Waals surface area contributed by atoms with Crippen molar-refractivity contribution in [1.29, 1.82) is 0 Å². The quantitative estimate of drug-likeness (QED) is 0.518. The number of amides is 1. The van der Waals surface area contributed by atoms with E-state index >= 15 is 0 Å². The molecule has 2 heterocycles. The van der Waals surface area contributed by atoms with Gasteiger partial charge in [0.1, 0.15) is 5.78 Å². The fourth-order valence-corrected chi connectivity index (χ4v) is 4.56. The van der Waals surface area contributed by atoms with Crippen molar-refractivity contribution >= 4 is 11.7 Å². The van der Waals surface area contributed by atoms with Crippen LogP contribution < -0.4 is 0 Å². The molecule has 0 radical (unpaired) electrons. The third kappa shape index (κ3) is 8.27. The Hall–Kier alpha value is -0.980. The van der Waals surface area contributed by atoms with Crippen molar-refractivity contribution in [3.63, 3.8) is 0 Å². The Balaban J connectivity index is 1.58. The molecule has 0 atom stereocenters. The highest BCUT2D eigenvalue weighted by molar-refractivity contribution is 5.80. The van der Waals surface area contributed by atoms with Crippen LogP contribution in [0.25, 0.3) is 0 Å². The molecule has 2 saturated heterocycles. The molecule has 0 aliphatic carbocycles. The molecule has 0 aromatic rings. The van der Waals surface area contributed by atoms with Gasteiger partial charge in [-0.05, 0) is 39.5 Å². The number of ketones is 1. The van der Waals surface area contributed by atoms with Crippen LogP contribution in [0, 0.1) is 5.92 Å². The van der Waals surface area contributed by atoms with Crippen molar-refractivity contribution in [3.8, 4) is 0 Å². The van der Waals surface area contributed by atoms with Crippen molar-refractivity contribution in [1.82, 2.24) is 14.7 Å². The molecule has 2 aliphatic rings. The monoisotopic (exact) mass is 423 g/mol. The SMILES string of the molecule is CC(C)C(=O)CCCCCCC(=O)N1CCN(CC2(O)CCN(C(C)C)CC2)CC1. The Morgan fingerprint density at radius 2 is 1.40 bits per heavy atom. The number of likely N-dealkylation sites (tertiary alicyclic amines) is 1. The van der Waals surface area contributed by atoms with E-state index in [1.807, 2.05) is 18.7 Å². The summed E-state index contributed by atoms with van der Waals surface area (Å²) in [5.74, 6) is 0.745. The summed E-state index contributed by atoms with van der Waals surface area (Å²) < 4.78 is 0. The maximum Gasteiger partial charge on any atom is 0.222 e. The van der Waals surface area contributed by atoms with Gasteiger partial charge in [0.15, 0.2) is 0 Å². The first-order chi connectivity index (χ1) is 14.2. The van der Waals surface area contributed by atoms with E-state index in [-0.39, 0.29) is 11.8 Å². The zero-order valence-electron chi connectivity index (χ0n) is 19.9. The Morgan fingerprint density at radius 3 is 1.93 bits per heavy atom. The van der Waals surface area contributed by atoms with E-state index < -0.39 is 5.60 Å². The summed E-state index contributed by atoms with van der Waals surface area (Å²) in [4.78, 5) is 30.9. The Kier molecular flexibility index (Phi) is 10.2. The van der Waals surface area contributed by atoms with E-state index in [9.17, 15) is 14.7 Å². The van der Waals surface area contributed by atoms with Gasteiger partial charge in [-0.3, -0.25) is 14.5 Å². The molecule has 174 valence electrons. The van der Waals surface area contributed by atoms with Crippen molar-refractivity contribution < 1.29 is 14.7 Å². The summed E-state index contributed by atoms with van der Waals surface area (Å²) in [6.45, 7) is 14.3. The van der Waals surface area contributed by atoms with Gasteiger partial charge >= 0.3 is 0 Å². The summed E-state index contributed by atoms with van der Waals surface area (Å²) in [5.41, 5.74) is -0.575. The lowest BCUT2D eigenvalue weighted by Crippen LogP contribution is -2.56. The minimum absolute atomic E-state index is 0.138. The van der Waals surface area contributed by atoms with Crippen LogP contribution in [0.5, 0.6) is 0 Å². The number of nitrogens with zero attached hydrogens (tertiary/aromatic N) is 3.